The lowest BCUT2D eigenvalue weighted by atomic mass is 9.80. The fourth-order valence-corrected chi connectivity index (χ4v) is 8.60. The van der Waals surface area contributed by atoms with Crippen LogP contribution in [0.15, 0.2) is 49.1 Å². The van der Waals surface area contributed by atoms with Crippen LogP contribution in [-0.4, -0.2) is 58.5 Å². The van der Waals surface area contributed by atoms with Gasteiger partial charge in [-0.25, -0.2) is 23.4 Å². The molecule has 10 nitrogen and oxygen atoms in total. The second-order valence-electron chi connectivity index (χ2n) is 11.0. The third kappa shape index (κ3) is 5.40. The van der Waals surface area contributed by atoms with E-state index < -0.39 is 21.2 Å². The molecular weight excluding hydrogens is 528 g/mol. The lowest BCUT2D eigenvalue weighted by molar-refractivity contribution is 0.1000. The SMILES string of the molecule is NC(=O)c1ccc(OC(C2CCCNC2)S(=O)(=O)CC2CCC(c3[nH]cnc4cnc5nccc5c34)CC2)cc1. The smallest absolute Gasteiger partial charge is 0.248 e. The number of sulfone groups is 1. The van der Waals surface area contributed by atoms with E-state index >= 15 is 0 Å². The Morgan fingerprint density at radius 3 is 2.58 bits per heavy atom. The summed E-state index contributed by atoms with van der Waals surface area (Å²) in [7, 11) is -3.57. The number of primary amides is 1. The Morgan fingerprint density at radius 1 is 1.05 bits per heavy atom. The quantitative estimate of drug-likeness (QED) is 0.294. The van der Waals surface area contributed by atoms with Crippen molar-refractivity contribution in [3.05, 3.63) is 60.3 Å². The number of aromatic nitrogens is 4. The standard InChI is InChI=1S/C29H34N6O4S/c30-27(36)20-7-9-22(10-8-20)39-29(21-2-1-12-31-14-21)40(37,38)16-18-3-5-19(6-4-18)26-25-23-11-13-32-28(23)33-15-24(25)34-17-35-26/h7-11,13,15,17-19,21,29,31H,1-6,12,14,16H2,(H2,30,36)(H,34,35). The first-order valence-corrected chi connectivity index (χ1v) is 15.7. The molecule has 1 saturated heterocycles. The normalized spacial score (nSPS) is 22.8. The first-order chi connectivity index (χ1) is 19.4. The van der Waals surface area contributed by atoms with Gasteiger partial charge in [-0.1, -0.05) is 0 Å². The summed E-state index contributed by atoms with van der Waals surface area (Å²) in [4.78, 5) is 28.1. The van der Waals surface area contributed by atoms with Gasteiger partial charge in [0.2, 0.25) is 11.3 Å². The molecule has 0 radical (unpaired) electrons. The number of nitrogens with zero attached hydrogens (tertiary/aromatic N) is 3. The van der Waals surface area contributed by atoms with Gasteiger partial charge in [-0.3, -0.25) is 4.79 Å². The third-order valence-electron chi connectivity index (χ3n) is 8.39. The Kier molecular flexibility index (Phi) is 7.41. The summed E-state index contributed by atoms with van der Waals surface area (Å²) in [5, 5.41) is 5.38. The molecule has 11 heteroatoms. The van der Waals surface area contributed by atoms with E-state index in [1.54, 1.807) is 43.0 Å². The maximum atomic E-state index is 13.9. The van der Waals surface area contributed by atoms with Crippen molar-refractivity contribution in [1.29, 1.82) is 0 Å². The van der Waals surface area contributed by atoms with Gasteiger partial charge >= 0.3 is 0 Å². The minimum absolute atomic E-state index is 0.0662. The van der Waals surface area contributed by atoms with E-state index in [0.717, 1.165) is 67.1 Å². The predicted molar refractivity (Wildman–Crippen MR) is 153 cm³/mol. The van der Waals surface area contributed by atoms with Gasteiger partial charge in [-0.2, -0.15) is 0 Å². The molecule has 3 aromatic heterocycles. The molecule has 1 saturated carbocycles. The number of pyridine rings is 1. The van der Waals surface area contributed by atoms with Crippen LogP contribution < -0.4 is 15.8 Å². The second kappa shape index (κ2) is 11.1. The van der Waals surface area contributed by atoms with Gasteiger partial charge in [0.05, 0.1) is 23.8 Å². The van der Waals surface area contributed by atoms with E-state index in [2.05, 4.69) is 25.3 Å². The Bertz CT molecular complexity index is 1610. The number of hydrogen-bond acceptors (Lipinski definition) is 8. The molecule has 4 aromatic rings. The molecule has 40 heavy (non-hydrogen) atoms. The number of nitrogens with two attached hydrogens (primary N) is 1. The number of piperidine rings is 1. The van der Waals surface area contributed by atoms with E-state index in [1.165, 1.54) is 0 Å². The highest BCUT2D eigenvalue weighted by Crippen LogP contribution is 2.40. The summed E-state index contributed by atoms with van der Waals surface area (Å²) in [6.07, 6.45) is 10.4. The molecule has 6 rings (SSSR count). The molecule has 2 aliphatic rings. The number of carbonyl (C=O) groups excluding carboxylic acids is 1. The Hall–Kier alpha value is -3.57. The average molecular weight is 563 g/mol. The van der Waals surface area contributed by atoms with Crippen molar-refractivity contribution in [3.8, 4) is 5.75 Å². The minimum Gasteiger partial charge on any atom is -0.474 e. The molecular formula is C29H34N6O4S. The Morgan fingerprint density at radius 2 is 1.85 bits per heavy atom. The maximum Gasteiger partial charge on any atom is 0.248 e. The van der Waals surface area contributed by atoms with E-state index in [1.807, 2.05) is 6.07 Å². The zero-order valence-electron chi connectivity index (χ0n) is 22.3. The van der Waals surface area contributed by atoms with Gasteiger partial charge in [0.15, 0.2) is 15.5 Å². The topological polar surface area (TPSA) is 153 Å². The first-order valence-electron chi connectivity index (χ1n) is 13.9. The van der Waals surface area contributed by atoms with Crippen molar-refractivity contribution in [2.75, 3.05) is 18.8 Å². The fraction of sp³-hybridized carbons (Fsp3) is 0.448. The van der Waals surface area contributed by atoms with Crippen molar-refractivity contribution >= 4 is 37.7 Å². The summed E-state index contributed by atoms with van der Waals surface area (Å²) in [5.41, 5.74) is 7.44. The lowest BCUT2D eigenvalue weighted by Crippen LogP contribution is -2.45. The number of benzene rings is 1. The Balaban J connectivity index is 1.18. The molecule has 1 aromatic carbocycles. The molecule has 2 fully saturated rings. The number of H-pyrrole nitrogens is 1. The van der Waals surface area contributed by atoms with Crippen LogP contribution in [0.1, 0.15) is 60.5 Å². The van der Waals surface area contributed by atoms with Crippen molar-refractivity contribution in [3.63, 3.8) is 0 Å². The van der Waals surface area contributed by atoms with Crippen LogP contribution >= 0.6 is 0 Å². The predicted octanol–water partition coefficient (Wildman–Crippen LogP) is 3.70. The highest BCUT2D eigenvalue weighted by Gasteiger charge is 2.39. The van der Waals surface area contributed by atoms with E-state index in [4.69, 9.17) is 10.5 Å². The van der Waals surface area contributed by atoms with Gasteiger partial charge in [-0.05, 0) is 87.2 Å². The third-order valence-corrected chi connectivity index (χ3v) is 10.5. The van der Waals surface area contributed by atoms with Gasteiger partial charge in [0.1, 0.15) is 5.75 Å². The van der Waals surface area contributed by atoms with Gasteiger partial charge in [0.25, 0.3) is 0 Å². The number of rotatable bonds is 8. The second-order valence-corrected chi connectivity index (χ2v) is 13.2. The summed E-state index contributed by atoms with van der Waals surface area (Å²) in [5.74, 6) is 0.197. The van der Waals surface area contributed by atoms with Crippen molar-refractivity contribution in [1.82, 2.24) is 25.3 Å². The molecule has 4 N–H and O–H groups in total. The first kappa shape index (κ1) is 26.6. The van der Waals surface area contributed by atoms with E-state index in [9.17, 15) is 13.2 Å². The molecule has 4 heterocycles. The molecule has 210 valence electrons. The van der Waals surface area contributed by atoms with Crippen molar-refractivity contribution in [2.24, 2.45) is 17.6 Å². The van der Waals surface area contributed by atoms with Gasteiger partial charge < -0.3 is 20.8 Å². The van der Waals surface area contributed by atoms with Crippen LogP contribution in [0.25, 0.3) is 21.9 Å². The molecule has 1 aliphatic carbocycles. The van der Waals surface area contributed by atoms with Gasteiger partial charge in [-0.15, -0.1) is 0 Å². The average Bonchev–Trinajstić information content (AvgIpc) is 3.46. The molecule has 2 atom stereocenters. The molecule has 1 aliphatic heterocycles. The zero-order valence-corrected chi connectivity index (χ0v) is 23.1. The molecule has 0 bridgehead atoms. The Labute approximate surface area is 233 Å². The number of aromatic amines is 1. The maximum absolute atomic E-state index is 13.9. The highest BCUT2D eigenvalue weighted by molar-refractivity contribution is 7.91. The minimum atomic E-state index is -3.57. The molecule has 0 spiro atoms. The van der Waals surface area contributed by atoms with Crippen LogP contribution in [0, 0.1) is 11.8 Å². The largest absolute Gasteiger partial charge is 0.474 e. The number of ether oxygens (including phenoxy) is 1. The number of carbonyl (C=O) groups is 1. The lowest BCUT2D eigenvalue weighted by Gasteiger charge is -2.33. The van der Waals surface area contributed by atoms with Gasteiger partial charge in [0, 0.05) is 40.7 Å². The van der Waals surface area contributed by atoms with E-state index in [0.29, 0.717) is 23.5 Å². The summed E-state index contributed by atoms with van der Waals surface area (Å²) in [6, 6.07) is 8.35. The van der Waals surface area contributed by atoms with Crippen LogP contribution in [-0.2, 0) is 9.84 Å². The summed E-state index contributed by atoms with van der Waals surface area (Å²) >= 11 is 0. The molecule has 1 amide bonds. The zero-order chi connectivity index (χ0) is 27.7. The molecule has 2 unspecified atom stereocenters. The van der Waals surface area contributed by atoms with Crippen LogP contribution in [0.4, 0.5) is 0 Å². The summed E-state index contributed by atoms with van der Waals surface area (Å²) in [6.45, 7) is 1.48. The van der Waals surface area contributed by atoms with Crippen LogP contribution in [0.2, 0.25) is 0 Å². The number of nitrogens with one attached hydrogen (secondary N) is 2. The number of fused-ring (bicyclic) bond motifs is 3. The summed E-state index contributed by atoms with van der Waals surface area (Å²) < 4.78 is 33.9. The van der Waals surface area contributed by atoms with Crippen LogP contribution in [0.3, 0.4) is 0 Å². The number of hydrogen-bond donors (Lipinski definition) is 3. The van der Waals surface area contributed by atoms with Crippen molar-refractivity contribution in [2.45, 2.75) is 49.9 Å². The van der Waals surface area contributed by atoms with E-state index in [-0.39, 0.29) is 23.5 Å². The monoisotopic (exact) mass is 562 g/mol. The van der Waals surface area contributed by atoms with Crippen LogP contribution in [0.5, 0.6) is 5.75 Å². The number of amides is 1. The highest BCUT2D eigenvalue weighted by atomic mass is 32.2. The van der Waals surface area contributed by atoms with Crippen molar-refractivity contribution < 1.29 is 17.9 Å². The fourth-order valence-electron chi connectivity index (χ4n) is 6.34.